The zero-order valence-corrected chi connectivity index (χ0v) is 9.36. The van der Waals surface area contributed by atoms with Crippen LogP contribution >= 0.6 is 0 Å². The van der Waals surface area contributed by atoms with Crippen molar-refractivity contribution in [3.8, 4) is 0 Å². The van der Waals surface area contributed by atoms with Crippen LogP contribution in [-0.2, 0) is 5.66 Å². The van der Waals surface area contributed by atoms with E-state index < -0.39 is 5.66 Å². The minimum Gasteiger partial charge on any atom is -0.347 e. The van der Waals surface area contributed by atoms with Gasteiger partial charge in [-0.1, -0.05) is 0 Å². The van der Waals surface area contributed by atoms with Gasteiger partial charge in [-0.25, -0.2) is 9.97 Å². The molecule has 5 N–H and O–H groups in total. The number of imidazole rings is 2. The van der Waals surface area contributed by atoms with Gasteiger partial charge in [-0.2, -0.15) is 0 Å². The molecule has 2 heterocycles. The Morgan fingerprint density at radius 2 is 2.00 bits per heavy atom. The normalized spacial score (nSPS) is 16.9. The first-order valence-electron chi connectivity index (χ1n) is 5.15. The molecule has 6 heteroatoms. The number of H-pyrrole nitrogens is 2. The van der Waals surface area contributed by atoms with Crippen LogP contribution in [0.3, 0.4) is 0 Å². The predicted molar refractivity (Wildman–Crippen MR) is 60.3 cm³/mol. The minimum absolute atomic E-state index is 0.0232. The molecule has 0 aromatic carbocycles. The highest BCUT2D eigenvalue weighted by Gasteiger charge is 2.26. The molecule has 6 nitrogen and oxygen atoms in total. The van der Waals surface area contributed by atoms with E-state index in [9.17, 15) is 0 Å². The molecule has 0 aliphatic carbocycles. The Morgan fingerprint density at radius 3 is 2.56 bits per heavy atom. The summed E-state index contributed by atoms with van der Waals surface area (Å²) in [5.74, 6) is 1.55. The number of rotatable bonds is 4. The Bertz CT molecular complexity index is 416. The maximum atomic E-state index is 6.14. The Labute approximate surface area is 93.7 Å². The van der Waals surface area contributed by atoms with Crippen molar-refractivity contribution in [2.45, 2.75) is 25.6 Å². The van der Waals surface area contributed by atoms with Gasteiger partial charge in [-0.05, 0) is 13.8 Å². The smallest absolute Gasteiger partial charge is 0.140 e. The Balaban J connectivity index is 2.09. The molecule has 2 aromatic heterocycles. The summed E-state index contributed by atoms with van der Waals surface area (Å²) in [5.41, 5.74) is 5.43. The molecule has 0 aliphatic rings. The molecule has 0 fully saturated rings. The van der Waals surface area contributed by atoms with Crippen LogP contribution < -0.4 is 11.1 Å². The second-order valence-electron chi connectivity index (χ2n) is 3.98. The topological polar surface area (TPSA) is 95.4 Å². The third-order valence-electron chi connectivity index (χ3n) is 2.44. The largest absolute Gasteiger partial charge is 0.347 e. The van der Waals surface area contributed by atoms with Gasteiger partial charge in [0, 0.05) is 24.8 Å². The number of nitrogens with one attached hydrogen (secondary N) is 3. The van der Waals surface area contributed by atoms with Crippen molar-refractivity contribution in [2.24, 2.45) is 5.73 Å². The van der Waals surface area contributed by atoms with E-state index in [2.05, 4.69) is 25.3 Å². The van der Waals surface area contributed by atoms with E-state index in [1.807, 2.05) is 13.8 Å². The average molecular weight is 220 g/mol. The highest BCUT2D eigenvalue weighted by Crippen LogP contribution is 2.15. The van der Waals surface area contributed by atoms with Crippen molar-refractivity contribution in [3.05, 3.63) is 36.4 Å². The van der Waals surface area contributed by atoms with Crippen LogP contribution in [0.25, 0.3) is 0 Å². The molecule has 0 spiro atoms. The van der Waals surface area contributed by atoms with Gasteiger partial charge in [0.2, 0.25) is 0 Å². The number of aromatic amines is 2. The second-order valence-corrected chi connectivity index (χ2v) is 3.98. The number of nitrogens with zero attached hydrogens (tertiary/aromatic N) is 2. The quantitative estimate of drug-likeness (QED) is 0.568. The standard InChI is InChI=1S/C10H16N6/c1-7(8-12-3-4-13-8)16-10(2,11)9-14-5-6-15-9/h3-7,16H,11H2,1-2H3,(H,12,13)(H,14,15). The van der Waals surface area contributed by atoms with E-state index in [0.29, 0.717) is 5.82 Å². The SMILES string of the molecule is CC(NC(C)(N)c1ncc[nH]1)c1ncc[nH]1. The van der Waals surface area contributed by atoms with Crippen molar-refractivity contribution in [2.75, 3.05) is 0 Å². The van der Waals surface area contributed by atoms with Crippen LogP contribution in [-0.4, -0.2) is 19.9 Å². The van der Waals surface area contributed by atoms with Crippen LogP contribution in [0.5, 0.6) is 0 Å². The van der Waals surface area contributed by atoms with E-state index in [1.54, 1.807) is 24.8 Å². The maximum absolute atomic E-state index is 6.14. The first-order chi connectivity index (χ1) is 7.59. The van der Waals surface area contributed by atoms with Crippen molar-refractivity contribution >= 4 is 0 Å². The molecule has 2 aromatic rings. The molecule has 0 saturated carbocycles. The Hall–Kier alpha value is -1.66. The van der Waals surface area contributed by atoms with Crippen LogP contribution in [0.4, 0.5) is 0 Å². The number of hydrogen-bond acceptors (Lipinski definition) is 4. The van der Waals surface area contributed by atoms with Crippen molar-refractivity contribution < 1.29 is 0 Å². The first-order valence-corrected chi connectivity index (χ1v) is 5.15. The van der Waals surface area contributed by atoms with E-state index >= 15 is 0 Å². The fourth-order valence-electron chi connectivity index (χ4n) is 1.65. The van der Waals surface area contributed by atoms with Gasteiger partial charge >= 0.3 is 0 Å². The highest BCUT2D eigenvalue weighted by molar-refractivity contribution is 5.04. The Morgan fingerprint density at radius 1 is 1.31 bits per heavy atom. The Kier molecular flexibility index (Phi) is 2.76. The molecule has 0 bridgehead atoms. The van der Waals surface area contributed by atoms with Gasteiger partial charge in [0.1, 0.15) is 17.3 Å². The van der Waals surface area contributed by atoms with E-state index in [1.165, 1.54) is 0 Å². The lowest BCUT2D eigenvalue weighted by Crippen LogP contribution is -2.49. The lowest BCUT2D eigenvalue weighted by atomic mass is 10.1. The molecule has 0 saturated heterocycles. The van der Waals surface area contributed by atoms with E-state index in [0.717, 1.165) is 5.82 Å². The van der Waals surface area contributed by atoms with Crippen LogP contribution in [0.2, 0.25) is 0 Å². The van der Waals surface area contributed by atoms with Gasteiger partial charge < -0.3 is 15.7 Å². The minimum atomic E-state index is -0.713. The summed E-state index contributed by atoms with van der Waals surface area (Å²) in [5, 5.41) is 3.25. The van der Waals surface area contributed by atoms with Crippen LogP contribution in [0.15, 0.2) is 24.8 Å². The van der Waals surface area contributed by atoms with Gasteiger partial charge in [0.25, 0.3) is 0 Å². The number of nitrogens with two attached hydrogens (primary N) is 1. The molecular weight excluding hydrogens is 204 g/mol. The van der Waals surface area contributed by atoms with Gasteiger partial charge in [0.05, 0.1) is 6.04 Å². The molecule has 2 rings (SSSR count). The van der Waals surface area contributed by atoms with E-state index in [-0.39, 0.29) is 6.04 Å². The number of aromatic nitrogens is 4. The summed E-state index contributed by atoms with van der Waals surface area (Å²) in [6.07, 6.45) is 6.93. The second kappa shape index (κ2) is 4.07. The van der Waals surface area contributed by atoms with Crippen LogP contribution in [0, 0.1) is 0 Å². The molecule has 16 heavy (non-hydrogen) atoms. The monoisotopic (exact) mass is 220 g/mol. The summed E-state index contributed by atoms with van der Waals surface area (Å²) in [6.45, 7) is 3.86. The van der Waals surface area contributed by atoms with E-state index in [4.69, 9.17) is 5.73 Å². The van der Waals surface area contributed by atoms with Crippen molar-refractivity contribution in [1.82, 2.24) is 25.3 Å². The average Bonchev–Trinajstić information content (AvgIpc) is 2.91. The maximum Gasteiger partial charge on any atom is 0.140 e. The zero-order chi connectivity index (χ0) is 11.6. The molecule has 0 aliphatic heterocycles. The third-order valence-corrected chi connectivity index (χ3v) is 2.44. The summed E-state index contributed by atoms with van der Waals surface area (Å²) >= 11 is 0. The summed E-state index contributed by atoms with van der Waals surface area (Å²) in [4.78, 5) is 14.4. The molecular formula is C10H16N6. The van der Waals surface area contributed by atoms with Crippen molar-refractivity contribution in [3.63, 3.8) is 0 Å². The molecule has 86 valence electrons. The molecule has 0 amide bonds. The lowest BCUT2D eigenvalue weighted by Gasteiger charge is -2.27. The summed E-state index contributed by atoms with van der Waals surface area (Å²) in [6, 6.07) is 0.0232. The molecule has 2 unspecified atom stereocenters. The van der Waals surface area contributed by atoms with Gasteiger partial charge in [-0.3, -0.25) is 5.32 Å². The zero-order valence-electron chi connectivity index (χ0n) is 9.36. The van der Waals surface area contributed by atoms with Crippen LogP contribution in [0.1, 0.15) is 31.5 Å². The first kappa shape index (κ1) is 10.8. The van der Waals surface area contributed by atoms with Gasteiger partial charge in [-0.15, -0.1) is 0 Å². The molecule has 0 radical (unpaired) electrons. The fourth-order valence-corrected chi connectivity index (χ4v) is 1.65. The lowest BCUT2D eigenvalue weighted by molar-refractivity contribution is 0.317. The highest BCUT2D eigenvalue weighted by atomic mass is 15.2. The van der Waals surface area contributed by atoms with Gasteiger partial charge in [0.15, 0.2) is 0 Å². The third kappa shape index (κ3) is 2.12. The summed E-state index contributed by atoms with van der Waals surface area (Å²) < 4.78 is 0. The predicted octanol–water partition coefficient (Wildman–Crippen LogP) is 0.615. The molecule has 2 atom stereocenters. The fraction of sp³-hybridized carbons (Fsp3) is 0.400. The number of hydrogen-bond donors (Lipinski definition) is 4. The summed E-state index contributed by atoms with van der Waals surface area (Å²) in [7, 11) is 0. The van der Waals surface area contributed by atoms with Crippen molar-refractivity contribution in [1.29, 1.82) is 0 Å².